The molecule has 1 aliphatic heterocycles. The smallest absolute Gasteiger partial charge is 0.264 e. The maximum absolute atomic E-state index is 13.3. The Bertz CT molecular complexity index is 921. The highest BCUT2D eigenvalue weighted by Crippen LogP contribution is 2.26. The number of nitrogens with one attached hydrogen (secondary N) is 1. The predicted molar refractivity (Wildman–Crippen MR) is 111 cm³/mol. The zero-order valence-electron chi connectivity index (χ0n) is 16.6. The number of anilines is 1. The zero-order chi connectivity index (χ0) is 20.9. The summed E-state index contributed by atoms with van der Waals surface area (Å²) in [5.41, 5.74) is 1.34. The minimum atomic E-state index is -3.92. The second-order valence-electron chi connectivity index (χ2n) is 6.96. The van der Waals surface area contributed by atoms with Crippen LogP contribution in [0.4, 0.5) is 5.69 Å². The van der Waals surface area contributed by atoms with Gasteiger partial charge in [-0.25, -0.2) is 8.42 Å². The minimum absolute atomic E-state index is 0.0120. The number of methoxy groups -OCH3 is 1. The first-order chi connectivity index (χ1) is 13.9. The third-order valence-corrected chi connectivity index (χ3v) is 6.60. The molecule has 2 aromatic rings. The van der Waals surface area contributed by atoms with Gasteiger partial charge in [0.2, 0.25) is 5.91 Å². The van der Waals surface area contributed by atoms with Gasteiger partial charge < -0.3 is 14.8 Å². The van der Waals surface area contributed by atoms with Crippen molar-refractivity contribution in [1.82, 2.24) is 5.32 Å². The molecule has 0 aliphatic carbocycles. The molecule has 1 atom stereocenters. The molecule has 1 heterocycles. The fourth-order valence-corrected chi connectivity index (χ4v) is 4.54. The van der Waals surface area contributed by atoms with Gasteiger partial charge in [-0.1, -0.05) is 17.7 Å². The van der Waals surface area contributed by atoms with Crippen molar-refractivity contribution in [1.29, 1.82) is 0 Å². The number of ether oxygens (including phenoxy) is 2. The SMILES string of the molecule is COc1ccc(N(CC(=O)NC[C@H]2CCCO2)S(=O)(=O)c2ccc(C)cc2)cc1. The molecular formula is C21H26N2O5S. The Labute approximate surface area is 171 Å². The zero-order valence-corrected chi connectivity index (χ0v) is 17.4. The van der Waals surface area contributed by atoms with E-state index in [0.29, 0.717) is 24.6 Å². The van der Waals surface area contributed by atoms with Gasteiger partial charge in [0, 0.05) is 13.2 Å². The quantitative estimate of drug-likeness (QED) is 0.712. The van der Waals surface area contributed by atoms with Crippen molar-refractivity contribution in [3.63, 3.8) is 0 Å². The van der Waals surface area contributed by atoms with E-state index in [1.165, 1.54) is 7.11 Å². The Morgan fingerprint density at radius 1 is 1.17 bits per heavy atom. The average molecular weight is 419 g/mol. The highest BCUT2D eigenvalue weighted by Gasteiger charge is 2.27. The van der Waals surface area contributed by atoms with Crippen molar-refractivity contribution >= 4 is 21.6 Å². The van der Waals surface area contributed by atoms with Crippen LogP contribution in [0.15, 0.2) is 53.4 Å². The number of sulfonamides is 1. The normalized spacial score (nSPS) is 16.4. The van der Waals surface area contributed by atoms with Crippen LogP contribution in [0.3, 0.4) is 0 Å². The van der Waals surface area contributed by atoms with E-state index in [9.17, 15) is 13.2 Å². The summed E-state index contributed by atoms with van der Waals surface area (Å²) in [6.45, 7) is 2.63. The lowest BCUT2D eigenvalue weighted by Gasteiger charge is -2.24. The lowest BCUT2D eigenvalue weighted by atomic mass is 10.2. The van der Waals surface area contributed by atoms with Crippen LogP contribution < -0.4 is 14.4 Å². The van der Waals surface area contributed by atoms with Crippen molar-refractivity contribution in [2.45, 2.75) is 30.8 Å². The van der Waals surface area contributed by atoms with Gasteiger partial charge in [0.15, 0.2) is 0 Å². The Morgan fingerprint density at radius 3 is 2.45 bits per heavy atom. The molecule has 1 fully saturated rings. The van der Waals surface area contributed by atoms with Crippen molar-refractivity contribution in [3.05, 3.63) is 54.1 Å². The van der Waals surface area contributed by atoms with Crippen LogP contribution in [0.1, 0.15) is 18.4 Å². The maximum Gasteiger partial charge on any atom is 0.264 e. The molecule has 1 N–H and O–H groups in total. The van der Waals surface area contributed by atoms with E-state index in [2.05, 4.69) is 5.32 Å². The molecule has 0 bridgehead atoms. The summed E-state index contributed by atoms with van der Waals surface area (Å²) in [5, 5.41) is 2.79. The van der Waals surface area contributed by atoms with Gasteiger partial charge in [0.05, 0.1) is 23.8 Å². The van der Waals surface area contributed by atoms with E-state index in [0.717, 1.165) is 22.7 Å². The molecule has 156 valence electrons. The fraction of sp³-hybridized carbons (Fsp3) is 0.381. The van der Waals surface area contributed by atoms with Gasteiger partial charge in [0.1, 0.15) is 12.3 Å². The first kappa shape index (κ1) is 21.1. The highest BCUT2D eigenvalue weighted by molar-refractivity contribution is 7.92. The topological polar surface area (TPSA) is 84.9 Å². The molecule has 0 unspecified atom stereocenters. The minimum Gasteiger partial charge on any atom is -0.497 e. The van der Waals surface area contributed by atoms with Crippen molar-refractivity contribution in [2.75, 3.05) is 31.1 Å². The number of nitrogens with zero attached hydrogens (tertiary/aromatic N) is 1. The van der Waals surface area contributed by atoms with Gasteiger partial charge in [-0.2, -0.15) is 0 Å². The molecule has 0 radical (unpaired) electrons. The standard InChI is InChI=1S/C21H26N2O5S/c1-16-5-11-20(12-6-16)29(25,26)23(17-7-9-18(27-2)10-8-17)15-21(24)22-14-19-4-3-13-28-19/h5-12,19H,3-4,13-15H2,1-2H3,(H,22,24)/t19-/m1/s1. The molecule has 0 saturated carbocycles. The van der Waals surface area contributed by atoms with Crippen molar-refractivity contribution in [2.24, 2.45) is 0 Å². The second-order valence-corrected chi connectivity index (χ2v) is 8.82. The third-order valence-electron chi connectivity index (χ3n) is 4.81. The molecule has 1 saturated heterocycles. The van der Waals surface area contributed by atoms with Gasteiger partial charge in [0.25, 0.3) is 10.0 Å². The number of hydrogen-bond acceptors (Lipinski definition) is 5. The Balaban J connectivity index is 1.84. The number of rotatable bonds is 8. The first-order valence-corrected chi connectivity index (χ1v) is 11.0. The molecule has 29 heavy (non-hydrogen) atoms. The Hall–Kier alpha value is -2.58. The molecule has 8 heteroatoms. The van der Waals surface area contributed by atoms with Crippen LogP contribution >= 0.6 is 0 Å². The van der Waals surface area contributed by atoms with E-state index >= 15 is 0 Å². The third kappa shape index (κ3) is 5.27. The van der Waals surface area contributed by atoms with E-state index < -0.39 is 10.0 Å². The average Bonchev–Trinajstić information content (AvgIpc) is 3.24. The number of benzene rings is 2. The predicted octanol–water partition coefficient (Wildman–Crippen LogP) is 2.49. The molecule has 1 aliphatic rings. The lowest BCUT2D eigenvalue weighted by Crippen LogP contribution is -2.42. The summed E-state index contributed by atoms with van der Waals surface area (Å²) in [6.07, 6.45) is 1.85. The van der Waals surface area contributed by atoms with Crippen LogP contribution in [-0.2, 0) is 19.6 Å². The second kappa shape index (κ2) is 9.28. The Kier molecular flexibility index (Phi) is 6.76. The largest absolute Gasteiger partial charge is 0.497 e. The van der Waals surface area contributed by atoms with Crippen LogP contribution in [0.5, 0.6) is 5.75 Å². The summed E-state index contributed by atoms with van der Waals surface area (Å²) in [7, 11) is -2.39. The summed E-state index contributed by atoms with van der Waals surface area (Å²) < 4.78 is 38.3. The van der Waals surface area contributed by atoms with Crippen molar-refractivity contribution < 1.29 is 22.7 Å². The molecule has 3 rings (SSSR count). The number of amides is 1. The van der Waals surface area contributed by atoms with Gasteiger partial charge in [-0.05, 0) is 56.2 Å². The Morgan fingerprint density at radius 2 is 1.86 bits per heavy atom. The van der Waals surface area contributed by atoms with Gasteiger partial charge in [-0.3, -0.25) is 9.10 Å². The number of carbonyl (C=O) groups excluding carboxylic acids is 1. The molecule has 0 spiro atoms. The molecule has 7 nitrogen and oxygen atoms in total. The summed E-state index contributed by atoms with van der Waals surface area (Å²) >= 11 is 0. The lowest BCUT2D eigenvalue weighted by molar-refractivity contribution is -0.120. The maximum atomic E-state index is 13.3. The van der Waals surface area contributed by atoms with Gasteiger partial charge >= 0.3 is 0 Å². The summed E-state index contributed by atoms with van der Waals surface area (Å²) in [6, 6.07) is 13.1. The van der Waals surface area contributed by atoms with E-state index in [1.54, 1.807) is 48.5 Å². The summed E-state index contributed by atoms with van der Waals surface area (Å²) in [5.74, 6) is 0.219. The number of hydrogen-bond donors (Lipinski definition) is 1. The van der Waals surface area contributed by atoms with Crippen LogP contribution in [0.2, 0.25) is 0 Å². The van der Waals surface area contributed by atoms with Crippen LogP contribution in [-0.4, -0.2) is 47.2 Å². The van der Waals surface area contributed by atoms with Crippen LogP contribution in [0, 0.1) is 6.92 Å². The molecular weight excluding hydrogens is 392 g/mol. The van der Waals surface area contributed by atoms with Gasteiger partial charge in [-0.15, -0.1) is 0 Å². The number of aryl methyl sites for hydroxylation is 1. The fourth-order valence-electron chi connectivity index (χ4n) is 3.12. The van der Waals surface area contributed by atoms with Crippen LogP contribution in [0.25, 0.3) is 0 Å². The van der Waals surface area contributed by atoms with E-state index in [-0.39, 0.29) is 23.5 Å². The number of carbonyl (C=O) groups is 1. The monoisotopic (exact) mass is 418 g/mol. The van der Waals surface area contributed by atoms with Crippen molar-refractivity contribution in [3.8, 4) is 5.75 Å². The molecule has 2 aromatic carbocycles. The van der Waals surface area contributed by atoms with E-state index in [1.807, 2.05) is 6.92 Å². The first-order valence-electron chi connectivity index (χ1n) is 9.52. The highest BCUT2D eigenvalue weighted by atomic mass is 32.2. The molecule has 1 amide bonds. The molecule has 0 aromatic heterocycles. The van der Waals surface area contributed by atoms with E-state index in [4.69, 9.17) is 9.47 Å². The summed E-state index contributed by atoms with van der Waals surface area (Å²) in [4.78, 5) is 12.7.